The van der Waals surface area contributed by atoms with Crippen molar-refractivity contribution in [1.82, 2.24) is 19.1 Å². The molecular weight excluding hydrogens is 564 g/mol. The van der Waals surface area contributed by atoms with E-state index in [1.807, 2.05) is 118 Å². The fourth-order valence-corrected chi connectivity index (χ4v) is 5.82. The highest BCUT2D eigenvalue weighted by Crippen LogP contribution is 2.40. The van der Waals surface area contributed by atoms with E-state index in [0.29, 0.717) is 22.6 Å². The first-order valence-electron chi connectivity index (χ1n) is 14.6. The molecule has 0 unspecified atom stereocenters. The molecule has 4 aromatic carbocycles. The molecule has 7 rings (SSSR count). The SMILES string of the molecule is COC(=O)c1cccc(-c2cccc3c2nc(-c2cccc4c5ccccc5n(C(=O)OC(C)(C)C)c24)n3-c2ccccc2)n1. The number of methoxy groups -OCH3 is 1. The average molecular weight is 595 g/mol. The molecule has 0 N–H and O–H groups in total. The second kappa shape index (κ2) is 10.7. The van der Waals surface area contributed by atoms with Crippen LogP contribution >= 0.6 is 0 Å². The molecule has 0 saturated carbocycles. The van der Waals surface area contributed by atoms with Crippen LogP contribution in [0.5, 0.6) is 0 Å². The van der Waals surface area contributed by atoms with Crippen LogP contribution in [0.25, 0.3) is 61.2 Å². The first-order valence-corrected chi connectivity index (χ1v) is 14.6. The third-order valence-electron chi connectivity index (χ3n) is 7.63. The van der Waals surface area contributed by atoms with Gasteiger partial charge in [0.05, 0.1) is 34.9 Å². The Balaban J connectivity index is 1.57. The van der Waals surface area contributed by atoms with Crippen molar-refractivity contribution in [3.8, 4) is 28.3 Å². The molecule has 0 aliphatic carbocycles. The predicted molar refractivity (Wildman–Crippen MR) is 176 cm³/mol. The van der Waals surface area contributed by atoms with Crippen molar-refractivity contribution in [1.29, 1.82) is 0 Å². The van der Waals surface area contributed by atoms with Crippen molar-refractivity contribution in [3.63, 3.8) is 0 Å². The molecule has 0 saturated heterocycles. The first kappa shape index (κ1) is 28.0. The van der Waals surface area contributed by atoms with E-state index in [9.17, 15) is 9.59 Å². The Morgan fingerprint density at radius 3 is 2.13 bits per heavy atom. The van der Waals surface area contributed by atoms with Crippen LogP contribution in [0.4, 0.5) is 4.79 Å². The summed E-state index contributed by atoms with van der Waals surface area (Å²) in [6.45, 7) is 5.58. The Morgan fingerprint density at radius 1 is 0.689 bits per heavy atom. The largest absolute Gasteiger partial charge is 0.464 e. The Bertz CT molecular complexity index is 2260. The fraction of sp³-hybridized carbons (Fsp3) is 0.135. The second-order valence-electron chi connectivity index (χ2n) is 11.7. The molecule has 0 spiro atoms. The molecule has 7 aromatic rings. The van der Waals surface area contributed by atoms with Gasteiger partial charge in [-0.05, 0) is 63.2 Å². The summed E-state index contributed by atoms with van der Waals surface area (Å²) in [5, 5.41) is 1.85. The molecular formula is C37H30N4O4. The number of fused-ring (bicyclic) bond motifs is 4. The van der Waals surface area contributed by atoms with Gasteiger partial charge >= 0.3 is 12.1 Å². The maximum atomic E-state index is 13.9. The molecule has 0 amide bonds. The molecule has 0 atom stereocenters. The van der Waals surface area contributed by atoms with Gasteiger partial charge in [-0.3, -0.25) is 4.57 Å². The number of benzene rings is 4. The summed E-state index contributed by atoms with van der Waals surface area (Å²) >= 11 is 0. The average Bonchev–Trinajstić information content (AvgIpc) is 3.60. The van der Waals surface area contributed by atoms with Gasteiger partial charge in [0.15, 0.2) is 0 Å². The lowest BCUT2D eigenvalue weighted by molar-refractivity contribution is 0.0549. The first-order chi connectivity index (χ1) is 21.7. The van der Waals surface area contributed by atoms with E-state index >= 15 is 0 Å². The van der Waals surface area contributed by atoms with Crippen molar-refractivity contribution in [2.75, 3.05) is 7.11 Å². The fourth-order valence-electron chi connectivity index (χ4n) is 5.82. The van der Waals surface area contributed by atoms with Crippen LogP contribution in [0, 0.1) is 0 Å². The number of nitrogens with zero attached hydrogens (tertiary/aromatic N) is 4. The minimum atomic E-state index is -0.693. The third-order valence-corrected chi connectivity index (χ3v) is 7.63. The van der Waals surface area contributed by atoms with Crippen LogP contribution in [0.1, 0.15) is 31.3 Å². The summed E-state index contributed by atoms with van der Waals surface area (Å²) in [6.07, 6.45) is -0.465. The number of para-hydroxylation sites is 4. The van der Waals surface area contributed by atoms with E-state index < -0.39 is 17.7 Å². The third kappa shape index (κ3) is 4.80. The lowest BCUT2D eigenvalue weighted by Crippen LogP contribution is -2.27. The van der Waals surface area contributed by atoms with Crippen LogP contribution in [0.2, 0.25) is 0 Å². The number of carbonyl (C=O) groups excluding carboxylic acids is 2. The normalized spacial score (nSPS) is 11.7. The molecule has 0 aliphatic rings. The van der Waals surface area contributed by atoms with Crippen LogP contribution in [-0.2, 0) is 9.47 Å². The number of esters is 1. The zero-order chi connectivity index (χ0) is 31.3. The van der Waals surface area contributed by atoms with Gasteiger partial charge in [-0.2, -0.15) is 0 Å². The highest BCUT2D eigenvalue weighted by atomic mass is 16.6. The van der Waals surface area contributed by atoms with Gasteiger partial charge in [-0.15, -0.1) is 0 Å². The zero-order valence-corrected chi connectivity index (χ0v) is 25.3. The summed E-state index contributed by atoms with van der Waals surface area (Å²) < 4.78 is 14.6. The molecule has 222 valence electrons. The number of ether oxygens (including phenoxy) is 2. The van der Waals surface area contributed by atoms with Crippen molar-refractivity contribution >= 4 is 44.9 Å². The van der Waals surface area contributed by atoms with Crippen LogP contribution in [0.15, 0.2) is 109 Å². The predicted octanol–water partition coefficient (Wildman–Crippen LogP) is 8.43. The smallest absolute Gasteiger partial charge is 0.419 e. The number of hydrogen-bond donors (Lipinski definition) is 0. The van der Waals surface area contributed by atoms with Crippen molar-refractivity contribution in [3.05, 3.63) is 115 Å². The summed E-state index contributed by atoms with van der Waals surface area (Å²) in [5.41, 5.74) is 5.52. The lowest BCUT2D eigenvalue weighted by atomic mass is 10.1. The molecule has 0 fully saturated rings. The maximum absolute atomic E-state index is 13.9. The van der Waals surface area contributed by atoms with Crippen molar-refractivity contribution in [2.45, 2.75) is 26.4 Å². The van der Waals surface area contributed by atoms with Gasteiger partial charge < -0.3 is 9.47 Å². The maximum Gasteiger partial charge on any atom is 0.419 e. The summed E-state index contributed by atoms with van der Waals surface area (Å²) in [6, 6.07) is 35.0. The van der Waals surface area contributed by atoms with Gasteiger partial charge in [-0.25, -0.2) is 24.1 Å². The van der Waals surface area contributed by atoms with E-state index in [1.165, 1.54) is 7.11 Å². The van der Waals surface area contributed by atoms with Crippen LogP contribution in [0.3, 0.4) is 0 Å². The molecule has 0 aliphatic heterocycles. The van der Waals surface area contributed by atoms with Crippen LogP contribution in [-0.4, -0.2) is 43.9 Å². The minimum Gasteiger partial charge on any atom is -0.464 e. The van der Waals surface area contributed by atoms with Crippen molar-refractivity contribution in [2.24, 2.45) is 0 Å². The molecule has 45 heavy (non-hydrogen) atoms. The molecule has 3 heterocycles. The van der Waals surface area contributed by atoms with Gasteiger partial charge in [-0.1, -0.05) is 66.7 Å². The quantitative estimate of drug-likeness (QED) is 0.190. The second-order valence-corrected chi connectivity index (χ2v) is 11.7. The lowest BCUT2D eigenvalue weighted by Gasteiger charge is -2.20. The minimum absolute atomic E-state index is 0.210. The number of pyridine rings is 1. The van der Waals surface area contributed by atoms with E-state index in [4.69, 9.17) is 14.5 Å². The van der Waals surface area contributed by atoms with E-state index in [0.717, 1.165) is 38.6 Å². The number of carbonyl (C=O) groups is 2. The Labute approximate surface area is 259 Å². The Morgan fingerprint density at radius 2 is 1.36 bits per heavy atom. The number of rotatable bonds is 4. The van der Waals surface area contributed by atoms with Gasteiger partial charge in [0.25, 0.3) is 0 Å². The zero-order valence-electron chi connectivity index (χ0n) is 25.3. The monoisotopic (exact) mass is 594 g/mol. The number of aromatic nitrogens is 4. The standard InChI is InChI=1S/C37H30N4O4/c1-37(2,3)45-36(43)41-30-21-9-8-15-24(30)25-16-10-18-27(33(25)41)34-39-32-26(28-19-12-20-29(38-28)35(42)44-4)17-11-22-31(32)40(34)23-13-6-5-7-14-23/h5-22H,1-4H3. The van der Waals surface area contributed by atoms with Gasteiger partial charge in [0.1, 0.15) is 17.1 Å². The van der Waals surface area contributed by atoms with Crippen LogP contribution < -0.4 is 0 Å². The molecule has 8 heteroatoms. The van der Waals surface area contributed by atoms with E-state index in [2.05, 4.69) is 9.55 Å². The van der Waals surface area contributed by atoms with Gasteiger partial charge in [0.2, 0.25) is 0 Å². The molecule has 8 nitrogen and oxygen atoms in total. The Hall–Kier alpha value is -5.76. The van der Waals surface area contributed by atoms with Gasteiger partial charge in [0, 0.05) is 27.6 Å². The van der Waals surface area contributed by atoms with Crippen molar-refractivity contribution < 1.29 is 19.1 Å². The molecule has 0 radical (unpaired) electrons. The molecule has 0 bridgehead atoms. The summed E-state index contributed by atoms with van der Waals surface area (Å²) in [5.74, 6) is 0.132. The Kier molecular flexibility index (Phi) is 6.70. The number of hydrogen-bond acceptors (Lipinski definition) is 6. The summed E-state index contributed by atoms with van der Waals surface area (Å²) in [7, 11) is 1.34. The highest BCUT2D eigenvalue weighted by molar-refractivity contribution is 6.16. The topological polar surface area (TPSA) is 88.2 Å². The highest BCUT2D eigenvalue weighted by Gasteiger charge is 2.27. The van der Waals surface area contributed by atoms with E-state index in [1.54, 1.807) is 16.7 Å². The summed E-state index contributed by atoms with van der Waals surface area (Å²) in [4.78, 5) is 36.1. The number of imidazole rings is 1. The molecule has 3 aromatic heterocycles. The van der Waals surface area contributed by atoms with E-state index in [-0.39, 0.29) is 5.69 Å².